The van der Waals surface area contributed by atoms with Crippen molar-refractivity contribution < 1.29 is 42.7 Å². The van der Waals surface area contributed by atoms with Crippen LogP contribution in [0, 0.1) is 13.8 Å². The minimum atomic E-state index is -0.277. The lowest BCUT2D eigenvalue weighted by molar-refractivity contribution is -0.0207. The maximum absolute atomic E-state index is 12.9. The Morgan fingerprint density at radius 2 is 1.37 bits per heavy atom. The summed E-state index contributed by atoms with van der Waals surface area (Å²) in [6.07, 6.45) is 4.44. The molecule has 348 valence electrons. The summed E-state index contributed by atoms with van der Waals surface area (Å²) in [4.78, 5) is 31.6. The van der Waals surface area contributed by atoms with E-state index in [4.69, 9.17) is 54.5 Å². The van der Waals surface area contributed by atoms with Crippen LogP contribution in [0.2, 0.25) is 5.02 Å². The van der Waals surface area contributed by atoms with E-state index in [1.807, 2.05) is 38.2 Å². The normalized spacial score (nSPS) is 13.2. The van der Waals surface area contributed by atoms with Gasteiger partial charge in [0.25, 0.3) is 5.91 Å². The lowest BCUT2D eigenvalue weighted by atomic mass is 10.2. The second-order valence-corrected chi connectivity index (χ2v) is 15.8. The van der Waals surface area contributed by atoms with Crippen molar-refractivity contribution in [1.29, 1.82) is 0 Å². The Morgan fingerprint density at radius 1 is 0.762 bits per heavy atom. The highest BCUT2D eigenvalue weighted by Gasteiger charge is 2.20. The Hall–Kier alpha value is -3.93. The summed E-state index contributed by atoms with van der Waals surface area (Å²) in [6, 6.07) is 7.40. The van der Waals surface area contributed by atoms with E-state index in [0.29, 0.717) is 138 Å². The van der Waals surface area contributed by atoms with Gasteiger partial charge < -0.3 is 53.4 Å². The van der Waals surface area contributed by atoms with Gasteiger partial charge in [0, 0.05) is 45.4 Å². The summed E-state index contributed by atoms with van der Waals surface area (Å²) in [6.45, 7) is 19.2. The number of para-hydroxylation sites is 1. The van der Waals surface area contributed by atoms with Crippen LogP contribution in [0.15, 0.2) is 36.7 Å². The van der Waals surface area contributed by atoms with Crippen molar-refractivity contribution in [1.82, 2.24) is 34.8 Å². The molecule has 0 spiro atoms. The van der Waals surface area contributed by atoms with Gasteiger partial charge in [0.15, 0.2) is 5.13 Å². The number of nitrogens with zero attached hydrogens (tertiary/aromatic N) is 8. The molecular weight excluding hydrogens is 856 g/mol. The average molecular weight is 920 g/mol. The summed E-state index contributed by atoms with van der Waals surface area (Å²) in [7, 11) is 0. The molecule has 0 unspecified atom stereocenters. The first kappa shape index (κ1) is 50.1. The van der Waals surface area contributed by atoms with Gasteiger partial charge in [-0.05, 0) is 31.9 Å². The second kappa shape index (κ2) is 29.5. The summed E-state index contributed by atoms with van der Waals surface area (Å²) >= 11 is 7.53. The van der Waals surface area contributed by atoms with Crippen LogP contribution >= 0.6 is 22.9 Å². The molecule has 0 saturated carbocycles. The maximum Gasteiger partial charge on any atom is 0.267 e. The third-order valence-electron chi connectivity index (χ3n) is 9.38. The van der Waals surface area contributed by atoms with Gasteiger partial charge >= 0.3 is 0 Å². The largest absolute Gasteiger partial charge is 0.379 e. The van der Waals surface area contributed by atoms with Crippen LogP contribution in [-0.2, 0) is 51.0 Å². The number of piperazine rings is 1. The van der Waals surface area contributed by atoms with Gasteiger partial charge in [0.2, 0.25) is 0 Å². The lowest BCUT2D eigenvalue weighted by Gasteiger charge is -2.35. The fourth-order valence-corrected chi connectivity index (χ4v) is 7.09. The van der Waals surface area contributed by atoms with Gasteiger partial charge in [-0.25, -0.2) is 19.6 Å². The molecule has 0 aliphatic carbocycles. The van der Waals surface area contributed by atoms with Gasteiger partial charge in [-0.15, -0.1) is 5.10 Å². The molecule has 3 aromatic heterocycles. The predicted octanol–water partition coefficient (Wildman–Crippen LogP) is 4.66. The van der Waals surface area contributed by atoms with E-state index >= 15 is 0 Å². The highest BCUT2D eigenvalue weighted by Crippen LogP contribution is 2.28. The van der Waals surface area contributed by atoms with Crippen molar-refractivity contribution in [2.45, 2.75) is 40.3 Å². The molecule has 2 N–H and O–H groups in total. The van der Waals surface area contributed by atoms with Crippen LogP contribution in [0.25, 0.3) is 0 Å². The number of rotatable bonds is 33. The van der Waals surface area contributed by atoms with Crippen LogP contribution in [-0.4, -0.2) is 173 Å². The van der Waals surface area contributed by atoms with E-state index in [0.717, 1.165) is 62.8 Å². The Labute approximate surface area is 379 Å². The number of hydrogen-bond donors (Lipinski definition) is 2. The lowest BCUT2D eigenvalue weighted by Crippen LogP contribution is -2.47. The van der Waals surface area contributed by atoms with E-state index in [1.165, 1.54) is 17.5 Å². The van der Waals surface area contributed by atoms with Gasteiger partial charge in [0.05, 0.1) is 129 Å². The number of hydrogen-bond acceptors (Lipinski definition) is 18. The summed E-state index contributed by atoms with van der Waals surface area (Å²) < 4.78 is 46.2. The number of thiazole rings is 1. The number of aryl methyl sites for hydroxylation is 2. The van der Waals surface area contributed by atoms with E-state index < -0.39 is 0 Å². The molecule has 1 fully saturated rings. The van der Waals surface area contributed by atoms with Crippen molar-refractivity contribution in [3.63, 3.8) is 0 Å². The summed E-state index contributed by atoms with van der Waals surface area (Å²) in [5.74, 6) is 1.82. The fraction of sp³-hybridized carbons (Fsp3) is 0.619. The van der Waals surface area contributed by atoms with Crippen molar-refractivity contribution in [3.8, 4) is 0 Å². The van der Waals surface area contributed by atoms with Crippen LogP contribution in [0.1, 0.15) is 40.1 Å². The van der Waals surface area contributed by atoms with Crippen molar-refractivity contribution in [3.05, 3.63) is 63.6 Å². The van der Waals surface area contributed by atoms with Crippen molar-refractivity contribution in [2.24, 2.45) is 0 Å². The monoisotopic (exact) mass is 918 g/mol. The molecule has 4 aromatic rings. The smallest absolute Gasteiger partial charge is 0.267 e. The molecule has 19 nitrogen and oxygen atoms in total. The highest BCUT2D eigenvalue weighted by molar-refractivity contribution is 7.17. The van der Waals surface area contributed by atoms with Crippen LogP contribution in [0.5, 0.6) is 0 Å². The summed E-state index contributed by atoms with van der Waals surface area (Å²) in [5.41, 5.74) is 2.25. The number of ether oxygens (including phenoxy) is 8. The van der Waals surface area contributed by atoms with Crippen LogP contribution < -0.4 is 15.5 Å². The number of nitrogens with one attached hydrogen (secondary N) is 2. The molecule has 1 aliphatic heterocycles. The Bertz CT molecular complexity index is 1860. The molecule has 1 saturated heterocycles. The second-order valence-electron chi connectivity index (χ2n) is 14.3. The van der Waals surface area contributed by atoms with Crippen LogP contribution in [0.3, 0.4) is 0 Å². The minimum Gasteiger partial charge on any atom is -0.379 e. The van der Waals surface area contributed by atoms with E-state index in [2.05, 4.69) is 47.6 Å². The molecule has 5 rings (SSSR count). The molecule has 0 radical (unpaired) electrons. The first-order valence-electron chi connectivity index (χ1n) is 21.5. The standard InChI is InChI=1S/C42H63ClN10O9S/c1-4-14-55-17-19-57-21-23-59-25-27-61-28-26-60-24-22-58-20-18-56-16-13-53-31-35(49-50-53)32-62-15-12-51-8-10-52(11-9-51)39-29-38(45-34(3)46-39)47-42-44-30-37(63-42)41(54)48-40-33(2)6-5-7-36(40)43/h5-7,29-31H,4,8-28,32H2,1-3H3,(H,48,54)(H,44,45,46,47). The first-order valence-corrected chi connectivity index (χ1v) is 22.7. The molecule has 1 aliphatic rings. The summed E-state index contributed by atoms with van der Waals surface area (Å²) in [5, 5.41) is 15.6. The number of carbonyl (C=O) groups excluding carboxylic acids is 1. The zero-order chi connectivity index (χ0) is 44.3. The van der Waals surface area contributed by atoms with Crippen molar-refractivity contribution in [2.75, 3.05) is 147 Å². The number of halogens is 1. The Kier molecular flexibility index (Phi) is 23.4. The quantitative estimate of drug-likeness (QED) is 0.0627. The molecule has 0 atom stereocenters. The molecule has 1 amide bonds. The molecule has 63 heavy (non-hydrogen) atoms. The van der Waals surface area contributed by atoms with E-state index in [-0.39, 0.29) is 5.91 Å². The predicted molar refractivity (Wildman–Crippen MR) is 241 cm³/mol. The third-order valence-corrected chi connectivity index (χ3v) is 10.6. The van der Waals surface area contributed by atoms with E-state index in [1.54, 1.807) is 10.7 Å². The molecule has 0 bridgehead atoms. The molecule has 1 aromatic carbocycles. The van der Waals surface area contributed by atoms with Crippen LogP contribution in [0.4, 0.5) is 22.5 Å². The third kappa shape index (κ3) is 19.4. The SMILES string of the molecule is CCCOCCOCCOCCOCCOCCOCCOCCn1cc(COCCN2CCN(c3cc(Nc4ncc(C(=O)Nc5c(C)cccc5Cl)s4)nc(C)n3)CC2)nn1. The number of amides is 1. The first-order chi connectivity index (χ1) is 30.9. The zero-order valence-electron chi connectivity index (χ0n) is 36.8. The minimum absolute atomic E-state index is 0.277. The highest BCUT2D eigenvalue weighted by atomic mass is 35.5. The van der Waals surface area contributed by atoms with E-state index in [9.17, 15) is 4.79 Å². The van der Waals surface area contributed by atoms with Gasteiger partial charge in [-0.1, -0.05) is 47.2 Å². The topological polar surface area (TPSA) is 191 Å². The number of carbonyl (C=O) groups is 1. The molecule has 4 heterocycles. The Morgan fingerprint density at radius 3 is 1.98 bits per heavy atom. The fourth-order valence-electron chi connectivity index (χ4n) is 6.10. The van der Waals surface area contributed by atoms with Gasteiger partial charge in [-0.3, -0.25) is 9.69 Å². The molecule has 21 heteroatoms. The van der Waals surface area contributed by atoms with Gasteiger partial charge in [-0.2, -0.15) is 0 Å². The average Bonchev–Trinajstić information content (AvgIpc) is 3.95. The Balaban J connectivity index is 0.838. The maximum atomic E-state index is 12.9. The molecular formula is C42H63ClN10O9S. The number of anilines is 4. The van der Waals surface area contributed by atoms with Gasteiger partial charge in [0.1, 0.15) is 28.0 Å². The number of aromatic nitrogens is 6. The zero-order valence-corrected chi connectivity index (χ0v) is 38.3. The van der Waals surface area contributed by atoms with Crippen molar-refractivity contribution >= 4 is 51.3 Å². The number of benzene rings is 1.